The van der Waals surface area contributed by atoms with Crippen LogP contribution in [0.2, 0.25) is 0 Å². The van der Waals surface area contributed by atoms with E-state index in [1.807, 2.05) is 0 Å². The standard InChI is InChI=1S/C35H34F3N7O4/c1-21(13-14-39-3)40-32(46)24-7-6-8-27(18-24)41-33(47)29-20-26(35(36,37)38)17-25-19-30(44(31(25)29)15-16-49-5)23-9-11-28(12-10-23)45-22(2)42-43(4)34(45)48/h6-14,17-20,39H,1,15-16H2,2-5H3,(H,40,46)(H,41,47)/b14-13-. The predicted molar refractivity (Wildman–Crippen MR) is 181 cm³/mol. The van der Waals surface area contributed by atoms with Crippen LogP contribution in [0.4, 0.5) is 18.9 Å². The zero-order valence-corrected chi connectivity index (χ0v) is 27.2. The summed E-state index contributed by atoms with van der Waals surface area (Å²) >= 11 is 0. The summed E-state index contributed by atoms with van der Waals surface area (Å²) in [6.45, 7) is 5.87. The summed E-state index contributed by atoms with van der Waals surface area (Å²) in [7, 11) is 4.74. The van der Waals surface area contributed by atoms with Crippen LogP contribution < -0.4 is 21.6 Å². The second-order valence-corrected chi connectivity index (χ2v) is 11.1. The maximum Gasteiger partial charge on any atom is 0.416 e. The van der Waals surface area contributed by atoms with Crippen molar-refractivity contribution in [2.45, 2.75) is 19.6 Å². The molecule has 11 nitrogen and oxygen atoms in total. The quantitative estimate of drug-likeness (QED) is 0.162. The SMILES string of the molecule is C=C(/C=C\NC)NC(=O)c1cccc(NC(=O)c2cc(C(F)(F)F)cc3cc(-c4ccc(-n5c(C)nn(C)c5=O)cc4)n(CCOC)c23)c1. The molecule has 0 atom stereocenters. The molecule has 5 aromatic rings. The number of nitrogens with zero attached hydrogens (tertiary/aromatic N) is 4. The van der Waals surface area contributed by atoms with E-state index >= 15 is 0 Å². The number of ether oxygens (including phenoxy) is 1. The number of amides is 2. The van der Waals surface area contributed by atoms with E-state index in [-0.39, 0.29) is 46.6 Å². The van der Waals surface area contributed by atoms with Gasteiger partial charge in [0.2, 0.25) is 0 Å². The molecule has 0 fully saturated rings. The third-order valence-electron chi connectivity index (χ3n) is 7.70. The Bertz CT molecular complexity index is 2140. The van der Waals surface area contributed by atoms with Crippen LogP contribution in [0.1, 0.15) is 32.1 Å². The molecular formula is C35H34F3N7O4. The van der Waals surface area contributed by atoms with Crippen LogP contribution in [0.5, 0.6) is 0 Å². The summed E-state index contributed by atoms with van der Waals surface area (Å²) < 4.78 is 52.2. The van der Waals surface area contributed by atoms with Crippen molar-refractivity contribution >= 4 is 28.4 Å². The van der Waals surface area contributed by atoms with Gasteiger partial charge in [-0.1, -0.05) is 24.8 Å². The molecule has 2 aromatic heterocycles. The number of alkyl halides is 3. The Morgan fingerprint density at radius 1 is 1.04 bits per heavy atom. The first-order valence-corrected chi connectivity index (χ1v) is 15.0. The lowest BCUT2D eigenvalue weighted by Gasteiger charge is -2.16. The highest BCUT2D eigenvalue weighted by Crippen LogP contribution is 2.37. The molecule has 0 spiro atoms. The Labute approximate surface area is 279 Å². The van der Waals surface area contributed by atoms with E-state index in [0.29, 0.717) is 28.5 Å². The van der Waals surface area contributed by atoms with Gasteiger partial charge in [0.1, 0.15) is 5.82 Å². The average Bonchev–Trinajstić information content (AvgIpc) is 3.56. The number of carbonyl (C=O) groups is 2. The number of methoxy groups -OCH3 is 1. The smallest absolute Gasteiger partial charge is 0.394 e. The number of carbonyl (C=O) groups excluding carboxylic acids is 2. The summed E-state index contributed by atoms with van der Waals surface area (Å²) in [4.78, 5) is 39.2. The normalized spacial score (nSPS) is 11.7. The highest BCUT2D eigenvalue weighted by atomic mass is 19.4. The molecule has 3 N–H and O–H groups in total. The molecule has 14 heteroatoms. The summed E-state index contributed by atoms with van der Waals surface area (Å²) in [5, 5.41) is 12.4. The Morgan fingerprint density at radius 3 is 2.41 bits per heavy atom. The molecule has 2 amide bonds. The van der Waals surface area contributed by atoms with E-state index in [2.05, 4.69) is 27.6 Å². The van der Waals surface area contributed by atoms with E-state index in [0.717, 1.165) is 12.1 Å². The number of hydrogen-bond donors (Lipinski definition) is 3. The number of rotatable bonds is 11. The molecule has 0 saturated heterocycles. The Balaban J connectivity index is 1.57. The van der Waals surface area contributed by atoms with Gasteiger partial charge in [-0.15, -0.1) is 0 Å². The first-order valence-electron chi connectivity index (χ1n) is 15.0. The van der Waals surface area contributed by atoms with Gasteiger partial charge >= 0.3 is 11.9 Å². The molecule has 0 saturated carbocycles. The molecule has 3 aromatic carbocycles. The predicted octanol–water partition coefficient (Wildman–Crippen LogP) is 5.40. The molecule has 0 aliphatic heterocycles. The molecule has 0 unspecified atom stereocenters. The van der Waals surface area contributed by atoms with Gasteiger partial charge in [-0.25, -0.2) is 14.0 Å². The lowest BCUT2D eigenvalue weighted by molar-refractivity contribution is -0.137. The van der Waals surface area contributed by atoms with Crippen molar-refractivity contribution in [2.24, 2.45) is 7.05 Å². The number of aryl methyl sites for hydroxylation is 2. The van der Waals surface area contributed by atoms with Crippen LogP contribution in [0, 0.1) is 6.92 Å². The first kappa shape index (κ1) is 34.4. The highest BCUT2D eigenvalue weighted by Gasteiger charge is 2.33. The molecular weight excluding hydrogens is 639 g/mol. The van der Waals surface area contributed by atoms with E-state index in [1.54, 1.807) is 74.3 Å². The van der Waals surface area contributed by atoms with Crippen molar-refractivity contribution in [3.05, 3.63) is 124 Å². The third-order valence-corrected chi connectivity index (χ3v) is 7.70. The minimum atomic E-state index is -4.74. The van der Waals surface area contributed by atoms with Crippen LogP contribution in [0.15, 0.2) is 96.1 Å². The zero-order valence-electron chi connectivity index (χ0n) is 27.2. The molecule has 0 bridgehead atoms. The number of nitrogens with one attached hydrogen (secondary N) is 3. The second kappa shape index (κ2) is 14.1. The Kier molecular flexibility index (Phi) is 9.89. The molecule has 0 radical (unpaired) electrons. The number of allylic oxidation sites excluding steroid dienone is 1. The molecule has 5 rings (SSSR count). The van der Waals surface area contributed by atoms with Crippen LogP contribution in [-0.2, 0) is 24.5 Å². The van der Waals surface area contributed by atoms with Gasteiger partial charge < -0.3 is 25.3 Å². The zero-order chi connectivity index (χ0) is 35.5. The maximum absolute atomic E-state index is 14.2. The fourth-order valence-corrected chi connectivity index (χ4v) is 5.45. The minimum Gasteiger partial charge on any atom is -0.394 e. The summed E-state index contributed by atoms with van der Waals surface area (Å²) in [5.74, 6) is -0.806. The van der Waals surface area contributed by atoms with Crippen molar-refractivity contribution in [3.63, 3.8) is 0 Å². The minimum absolute atomic E-state index is 0.191. The third kappa shape index (κ3) is 7.33. The highest BCUT2D eigenvalue weighted by molar-refractivity contribution is 6.13. The fraction of sp³-hybridized carbons (Fsp3) is 0.200. The van der Waals surface area contributed by atoms with Crippen LogP contribution in [0.3, 0.4) is 0 Å². The number of halogens is 3. The van der Waals surface area contributed by atoms with Crippen molar-refractivity contribution in [2.75, 3.05) is 26.1 Å². The topological polar surface area (TPSA) is 124 Å². The van der Waals surface area contributed by atoms with Gasteiger partial charge in [-0.3, -0.25) is 9.59 Å². The van der Waals surface area contributed by atoms with Crippen molar-refractivity contribution < 1.29 is 27.5 Å². The van der Waals surface area contributed by atoms with Gasteiger partial charge in [0, 0.05) is 55.8 Å². The largest absolute Gasteiger partial charge is 0.416 e. The number of hydrogen-bond acceptors (Lipinski definition) is 6. The summed E-state index contributed by atoms with van der Waals surface area (Å²) in [6.07, 6.45) is -1.59. The van der Waals surface area contributed by atoms with Gasteiger partial charge in [-0.2, -0.15) is 18.3 Å². The van der Waals surface area contributed by atoms with Crippen molar-refractivity contribution in [1.29, 1.82) is 0 Å². The second-order valence-electron chi connectivity index (χ2n) is 11.1. The van der Waals surface area contributed by atoms with Crippen molar-refractivity contribution in [1.82, 2.24) is 29.5 Å². The molecule has 0 aliphatic rings. The summed E-state index contributed by atoms with van der Waals surface area (Å²) in [6, 6.07) is 16.4. The van der Waals surface area contributed by atoms with Gasteiger partial charge in [0.15, 0.2) is 0 Å². The van der Waals surface area contributed by atoms with Gasteiger partial charge in [-0.05, 0) is 73.3 Å². The molecule has 254 valence electrons. The van der Waals surface area contributed by atoms with Crippen molar-refractivity contribution in [3.8, 4) is 16.9 Å². The van der Waals surface area contributed by atoms with E-state index in [4.69, 9.17) is 4.74 Å². The Morgan fingerprint density at radius 2 is 1.78 bits per heavy atom. The van der Waals surface area contributed by atoms with E-state index < -0.39 is 23.6 Å². The maximum atomic E-state index is 14.2. The first-order chi connectivity index (χ1) is 23.3. The van der Waals surface area contributed by atoms with Crippen LogP contribution >= 0.6 is 0 Å². The van der Waals surface area contributed by atoms with E-state index in [1.165, 1.54) is 34.6 Å². The molecule has 0 aliphatic carbocycles. The lowest BCUT2D eigenvalue weighted by Crippen LogP contribution is -2.22. The Hall–Kier alpha value is -5.89. The molecule has 49 heavy (non-hydrogen) atoms. The fourth-order valence-electron chi connectivity index (χ4n) is 5.45. The monoisotopic (exact) mass is 673 g/mol. The number of anilines is 1. The molecule has 2 heterocycles. The number of fused-ring (bicyclic) bond motifs is 1. The average molecular weight is 674 g/mol. The number of aromatic nitrogens is 4. The van der Waals surface area contributed by atoms with Gasteiger partial charge in [0.25, 0.3) is 11.8 Å². The summed E-state index contributed by atoms with van der Waals surface area (Å²) in [5.41, 5.74) is 1.18. The van der Waals surface area contributed by atoms with Gasteiger partial charge in [0.05, 0.1) is 28.9 Å². The van der Waals surface area contributed by atoms with E-state index in [9.17, 15) is 27.6 Å². The van der Waals surface area contributed by atoms with Crippen LogP contribution in [-0.4, -0.2) is 51.5 Å². The number of benzene rings is 3. The lowest BCUT2D eigenvalue weighted by atomic mass is 10.0. The van der Waals surface area contributed by atoms with Crippen LogP contribution in [0.25, 0.3) is 27.8 Å².